The largest absolute Gasteiger partial charge is 0.358 e. The lowest BCUT2D eigenvalue weighted by Gasteiger charge is -2.37. The van der Waals surface area contributed by atoms with E-state index in [1.165, 1.54) is 0 Å². The monoisotopic (exact) mass is 504 g/mol. The van der Waals surface area contributed by atoms with E-state index in [0.717, 1.165) is 16.7 Å². The van der Waals surface area contributed by atoms with Gasteiger partial charge in [0.05, 0.1) is 24.0 Å². The highest BCUT2D eigenvalue weighted by molar-refractivity contribution is 6.21. The van der Waals surface area contributed by atoms with E-state index >= 15 is 0 Å². The molecule has 1 unspecified atom stereocenters. The molecule has 0 aliphatic carbocycles. The van der Waals surface area contributed by atoms with Crippen molar-refractivity contribution in [3.05, 3.63) is 108 Å². The lowest BCUT2D eigenvalue weighted by Crippen LogP contribution is -2.57. The number of benzene rings is 3. The highest BCUT2D eigenvalue weighted by Crippen LogP contribution is 2.41. The molecule has 36 heavy (non-hydrogen) atoms. The number of alkyl halides is 1. The van der Waals surface area contributed by atoms with Crippen LogP contribution in [-0.4, -0.2) is 47.7 Å². The second-order valence-corrected chi connectivity index (χ2v) is 9.88. The zero-order valence-corrected chi connectivity index (χ0v) is 20.8. The minimum atomic E-state index is -0.884. The van der Waals surface area contributed by atoms with Gasteiger partial charge in [-0.25, -0.2) is 4.79 Å². The topological polar surface area (TPSA) is 67.9 Å². The fourth-order valence-electron chi connectivity index (χ4n) is 5.02. The molecular weight excluding hydrogens is 476 g/mol. The molecule has 5 rings (SSSR count). The third-order valence-corrected chi connectivity index (χ3v) is 7.38. The van der Waals surface area contributed by atoms with Crippen molar-refractivity contribution >= 4 is 23.5 Å². The number of ether oxygens (including phenoxy) is 2. The third kappa shape index (κ3) is 4.64. The summed E-state index contributed by atoms with van der Waals surface area (Å²) in [6, 6.07) is 29.9. The molecule has 2 heterocycles. The van der Waals surface area contributed by atoms with Crippen LogP contribution in [0.5, 0.6) is 0 Å². The number of hydrogen-bond donors (Lipinski definition) is 1. The van der Waals surface area contributed by atoms with Crippen molar-refractivity contribution in [1.82, 2.24) is 10.2 Å². The lowest BCUT2D eigenvalue weighted by molar-refractivity contribution is -0.129. The third-order valence-electron chi connectivity index (χ3n) is 6.92. The Balaban J connectivity index is 1.44. The van der Waals surface area contributed by atoms with Gasteiger partial charge in [-0.3, -0.25) is 15.0 Å². The Morgan fingerprint density at radius 2 is 1.42 bits per heavy atom. The molecule has 0 radical (unpaired) electrons. The maximum Gasteiger partial charge on any atom is 0.326 e. The van der Waals surface area contributed by atoms with Crippen LogP contribution in [0.4, 0.5) is 4.79 Å². The molecule has 6 nitrogen and oxygen atoms in total. The van der Waals surface area contributed by atoms with Gasteiger partial charge in [0.25, 0.3) is 0 Å². The van der Waals surface area contributed by atoms with Crippen molar-refractivity contribution in [2.45, 2.75) is 36.7 Å². The molecule has 0 spiro atoms. The van der Waals surface area contributed by atoms with Gasteiger partial charge in [0.15, 0.2) is 0 Å². The van der Waals surface area contributed by atoms with Crippen LogP contribution in [0.1, 0.15) is 30.0 Å². The molecule has 0 bridgehead atoms. The number of halogens is 1. The summed E-state index contributed by atoms with van der Waals surface area (Å²) in [6.07, 6.45) is -0.497. The van der Waals surface area contributed by atoms with Gasteiger partial charge in [0.1, 0.15) is 11.8 Å². The van der Waals surface area contributed by atoms with Gasteiger partial charge < -0.3 is 9.47 Å². The van der Waals surface area contributed by atoms with Gasteiger partial charge >= 0.3 is 6.03 Å². The second kappa shape index (κ2) is 10.4. The summed E-state index contributed by atoms with van der Waals surface area (Å²) in [5.74, 6) is -0.577. The first kappa shape index (κ1) is 24.5. The van der Waals surface area contributed by atoms with Crippen molar-refractivity contribution in [2.24, 2.45) is 5.92 Å². The van der Waals surface area contributed by atoms with E-state index in [1.807, 2.05) is 54.6 Å². The maximum atomic E-state index is 12.5. The van der Waals surface area contributed by atoms with Gasteiger partial charge in [0, 0.05) is 13.0 Å². The van der Waals surface area contributed by atoms with Crippen molar-refractivity contribution in [2.75, 3.05) is 13.2 Å². The van der Waals surface area contributed by atoms with Crippen LogP contribution in [0, 0.1) is 5.92 Å². The van der Waals surface area contributed by atoms with Crippen LogP contribution in [0.2, 0.25) is 0 Å². The number of rotatable bonds is 7. The molecule has 7 heteroatoms. The first-order valence-corrected chi connectivity index (χ1v) is 12.6. The average molecular weight is 505 g/mol. The zero-order valence-electron chi connectivity index (χ0n) is 20.0. The van der Waals surface area contributed by atoms with Crippen LogP contribution < -0.4 is 5.32 Å². The molecule has 3 aromatic rings. The van der Waals surface area contributed by atoms with Crippen molar-refractivity contribution in [1.29, 1.82) is 0 Å². The number of nitrogens with zero attached hydrogens (tertiary/aromatic N) is 1. The number of carbonyl (C=O) groups is 2. The normalized spacial score (nSPS) is 24.6. The maximum absolute atomic E-state index is 12.5. The van der Waals surface area contributed by atoms with Crippen molar-refractivity contribution < 1.29 is 19.1 Å². The van der Waals surface area contributed by atoms with Crippen molar-refractivity contribution in [3.63, 3.8) is 0 Å². The average Bonchev–Trinajstić information content (AvgIpc) is 3.28. The molecule has 4 atom stereocenters. The summed E-state index contributed by atoms with van der Waals surface area (Å²) in [4.78, 5) is 25.9. The molecule has 2 aliphatic heterocycles. The van der Waals surface area contributed by atoms with Gasteiger partial charge in [-0.2, -0.15) is 0 Å². The van der Waals surface area contributed by atoms with Gasteiger partial charge in [-0.15, -0.1) is 11.6 Å². The van der Waals surface area contributed by atoms with Gasteiger partial charge in [0.2, 0.25) is 5.91 Å². The van der Waals surface area contributed by atoms with E-state index in [2.05, 4.69) is 41.7 Å². The highest BCUT2D eigenvalue weighted by Gasteiger charge is 2.44. The summed E-state index contributed by atoms with van der Waals surface area (Å²) in [5, 5.41) is 2.05. The predicted octanol–water partition coefficient (Wildman–Crippen LogP) is 4.91. The van der Waals surface area contributed by atoms with Crippen LogP contribution in [-0.2, 0) is 19.9 Å². The molecular formula is C29H29ClN2O4. The number of amides is 3. The number of nitrogens with one attached hydrogen (secondary N) is 1. The highest BCUT2D eigenvalue weighted by atomic mass is 35.5. The van der Waals surface area contributed by atoms with Crippen LogP contribution in [0.15, 0.2) is 91.0 Å². The molecule has 1 N–H and O–H groups in total. The lowest BCUT2D eigenvalue weighted by atomic mass is 9.80. The van der Waals surface area contributed by atoms with E-state index in [4.69, 9.17) is 21.1 Å². The number of hydrogen-bond acceptors (Lipinski definition) is 4. The molecule has 186 valence electrons. The summed E-state index contributed by atoms with van der Waals surface area (Å²) >= 11 is 6.74. The zero-order chi connectivity index (χ0) is 25.1. The van der Waals surface area contributed by atoms with E-state index in [-0.39, 0.29) is 23.8 Å². The van der Waals surface area contributed by atoms with Gasteiger partial charge in [-0.1, -0.05) is 97.9 Å². The summed E-state index contributed by atoms with van der Waals surface area (Å²) in [6.45, 7) is 2.30. The standard InChI is InChI=1S/C29H29ClN2O4/c1-20-18-32(28(34)31-27(20)33)26-17-24(30)25(36-26)19-35-29(21-11-5-2-6-12-21,22-13-7-3-8-14-22)23-15-9-4-10-16-23/h2-16,20,24-26H,17-19H2,1H3,(H,31,33,34)/t20?,24-,25+,26+/m0/s1. The van der Waals surface area contributed by atoms with Crippen LogP contribution >= 0.6 is 11.6 Å². The van der Waals surface area contributed by atoms with E-state index in [9.17, 15) is 9.59 Å². The number of imide groups is 1. The summed E-state index contributed by atoms with van der Waals surface area (Å²) < 4.78 is 13.1. The van der Waals surface area contributed by atoms with Gasteiger partial charge in [-0.05, 0) is 16.7 Å². The minimum absolute atomic E-state index is 0.216. The smallest absolute Gasteiger partial charge is 0.326 e. The van der Waals surface area contributed by atoms with E-state index in [1.54, 1.807) is 11.8 Å². The first-order chi connectivity index (χ1) is 17.5. The SMILES string of the molecule is CC1CN([C@H]2C[C@H](Cl)[C@@H](COC(c3ccccc3)(c3ccccc3)c3ccccc3)O2)C(=O)NC1=O. The predicted molar refractivity (Wildman–Crippen MR) is 137 cm³/mol. The second-order valence-electron chi connectivity index (χ2n) is 9.32. The number of urea groups is 1. The Morgan fingerprint density at radius 3 is 1.92 bits per heavy atom. The quantitative estimate of drug-likeness (QED) is 0.367. The summed E-state index contributed by atoms with van der Waals surface area (Å²) in [7, 11) is 0. The molecule has 3 amide bonds. The molecule has 2 aliphatic rings. The fourth-order valence-corrected chi connectivity index (χ4v) is 5.30. The van der Waals surface area contributed by atoms with Crippen LogP contribution in [0.3, 0.4) is 0 Å². The Hall–Kier alpha value is -3.19. The summed E-state index contributed by atoms with van der Waals surface area (Å²) in [5.41, 5.74) is 2.09. The molecule has 3 aromatic carbocycles. The Morgan fingerprint density at radius 1 is 0.917 bits per heavy atom. The Bertz CT molecular complexity index is 1100. The van der Waals surface area contributed by atoms with Crippen molar-refractivity contribution in [3.8, 4) is 0 Å². The molecule has 2 fully saturated rings. The Labute approximate surface area is 216 Å². The molecule has 0 saturated carbocycles. The molecule has 0 aromatic heterocycles. The Kier molecular flexibility index (Phi) is 7.10. The van der Waals surface area contributed by atoms with E-state index < -0.39 is 24.0 Å². The minimum Gasteiger partial charge on any atom is -0.358 e. The van der Waals surface area contributed by atoms with Crippen LogP contribution in [0.25, 0.3) is 0 Å². The van der Waals surface area contributed by atoms with E-state index in [0.29, 0.717) is 13.0 Å². The molecule has 2 saturated heterocycles. The number of carbonyl (C=O) groups excluding carboxylic acids is 2. The fraction of sp³-hybridized carbons (Fsp3) is 0.310. The first-order valence-electron chi connectivity index (χ1n) is 12.2.